The molecular weight excluding hydrogens is 190 g/mol. The maximum absolute atomic E-state index is 5.74. The van der Waals surface area contributed by atoms with Crippen molar-refractivity contribution in [1.82, 2.24) is 4.90 Å². The molecule has 15 heavy (non-hydrogen) atoms. The van der Waals surface area contributed by atoms with Crippen LogP contribution >= 0.6 is 0 Å². The summed E-state index contributed by atoms with van der Waals surface area (Å²) in [4.78, 5) is 2.63. The molecule has 2 saturated heterocycles. The lowest BCUT2D eigenvalue weighted by Gasteiger charge is -2.47. The zero-order chi connectivity index (χ0) is 10.3. The summed E-state index contributed by atoms with van der Waals surface area (Å²) in [5.74, 6) is 0.743. The lowest BCUT2D eigenvalue weighted by Crippen LogP contribution is -2.53. The molecule has 0 atom stereocenters. The third kappa shape index (κ3) is 1.81. The molecule has 3 fully saturated rings. The number of nitrogens with zero attached hydrogens (tertiary/aromatic N) is 1. The summed E-state index contributed by atoms with van der Waals surface area (Å²) in [6.07, 6.45) is 4.71. The van der Waals surface area contributed by atoms with Gasteiger partial charge in [0.15, 0.2) is 5.79 Å². The Morgan fingerprint density at radius 2 is 1.67 bits per heavy atom. The van der Waals surface area contributed by atoms with Crippen molar-refractivity contribution in [2.24, 2.45) is 5.92 Å². The first-order chi connectivity index (χ1) is 7.27. The molecule has 0 N–H and O–H groups in total. The van der Waals surface area contributed by atoms with Crippen molar-refractivity contribution < 1.29 is 9.47 Å². The summed E-state index contributed by atoms with van der Waals surface area (Å²) in [7, 11) is 0. The van der Waals surface area contributed by atoms with Crippen LogP contribution in [0.2, 0.25) is 0 Å². The summed E-state index contributed by atoms with van der Waals surface area (Å²) in [6, 6.07) is 0.805. The molecule has 3 heteroatoms. The number of rotatable bonds is 1. The molecule has 3 nitrogen and oxygen atoms in total. The van der Waals surface area contributed by atoms with E-state index < -0.39 is 0 Å². The fourth-order valence-electron chi connectivity index (χ4n) is 3.24. The average molecular weight is 211 g/mol. The third-order valence-corrected chi connectivity index (χ3v) is 4.14. The summed E-state index contributed by atoms with van der Waals surface area (Å²) in [6.45, 7) is 6.54. The van der Waals surface area contributed by atoms with Gasteiger partial charge in [-0.05, 0) is 18.8 Å². The van der Waals surface area contributed by atoms with E-state index in [9.17, 15) is 0 Å². The molecule has 3 aliphatic rings. The molecule has 1 aliphatic carbocycles. The Kier molecular flexibility index (Phi) is 2.49. The van der Waals surface area contributed by atoms with Gasteiger partial charge in [0.2, 0.25) is 0 Å². The van der Waals surface area contributed by atoms with Gasteiger partial charge in [-0.2, -0.15) is 0 Å². The Morgan fingerprint density at radius 3 is 2.20 bits per heavy atom. The molecule has 0 aromatic carbocycles. The van der Waals surface area contributed by atoms with Crippen LogP contribution < -0.4 is 0 Å². The molecule has 86 valence electrons. The molecular formula is C12H21NO2. The molecule has 0 bridgehead atoms. The molecule has 2 aliphatic heterocycles. The molecule has 1 saturated carbocycles. The lowest BCUT2D eigenvalue weighted by molar-refractivity contribution is -0.186. The fourth-order valence-corrected chi connectivity index (χ4v) is 3.24. The number of ether oxygens (including phenoxy) is 2. The van der Waals surface area contributed by atoms with Crippen molar-refractivity contribution in [1.29, 1.82) is 0 Å². The van der Waals surface area contributed by atoms with E-state index in [0.717, 1.165) is 38.0 Å². The van der Waals surface area contributed by atoms with Gasteiger partial charge < -0.3 is 9.47 Å². The maximum atomic E-state index is 5.74. The minimum atomic E-state index is -0.174. The predicted molar refractivity (Wildman–Crippen MR) is 57.6 cm³/mol. The van der Waals surface area contributed by atoms with E-state index in [0.29, 0.717) is 0 Å². The van der Waals surface area contributed by atoms with Gasteiger partial charge in [0.1, 0.15) is 0 Å². The maximum Gasteiger partial charge on any atom is 0.168 e. The highest BCUT2D eigenvalue weighted by molar-refractivity contribution is 4.90. The van der Waals surface area contributed by atoms with Crippen molar-refractivity contribution in [2.45, 2.75) is 44.4 Å². The van der Waals surface area contributed by atoms with Crippen LogP contribution in [0.15, 0.2) is 0 Å². The molecule has 0 amide bonds. The first kappa shape index (κ1) is 10.1. The monoisotopic (exact) mass is 211 g/mol. The van der Waals surface area contributed by atoms with Crippen LogP contribution in [0.25, 0.3) is 0 Å². The second kappa shape index (κ2) is 3.72. The SMILES string of the molecule is CC1CN(C2CCC3(CC2)OCCO3)C1. The van der Waals surface area contributed by atoms with Crippen LogP contribution in [0.3, 0.4) is 0 Å². The van der Waals surface area contributed by atoms with E-state index >= 15 is 0 Å². The normalized spacial score (nSPS) is 33.4. The van der Waals surface area contributed by atoms with Crippen molar-refractivity contribution >= 4 is 0 Å². The van der Waals surface area contributed by atoms with Gasteiger partial charge in [0, 0.05) is 32.0 Å². The highest BCUT2D eigenvalue weighted by Gasteiger charge is 2.42. The highest BCUT2D eigenvalue weighted by Crippen LogP contribution is 2.38. The van der Waals surface area contributed by atoms with Gasteiger partial charge in [0.05, 0.1) is 13.2 Å². The minimum Gasteiger partial charge on any atom is -0.348 e. The largest absolute Gasteiger partial charge is 0.348 e. The quantitative estimate of drug-likeness (QED) is 0.658. The third-order valence-electron chi connectivity index (χ3n) is 4.14. The lowest BCUT2D eigenvalue weighted by atomic mass is 9.86. The van der Waals surface area contributed by atoms with Gasteiger partial charge in [-0.3, -0.25) is 4.90 Å². The van der Waals surface area contributed by atoms with Crippen LogP contribution in [-0.2, 0) is 9.47 Å². The van der Waals surface area contributed by atoms with Crippen molar-refractivity contribution in [3.05, 3.63) is 0 Å². The predicted octanol–water partition coefficient (Wildman–Crippen LogP) is 1.62. The highest BCUT2D eigenvalue weighted by atomic mass is 16.7. The van der Waals surface area contributed by atoms with E-state index in [4.69, 9.17) is 9.47 Å². The smallest absolute Gasteiger partial charge is 0.168 e. The molecule has 1 spiro atoms. The number of hydrogen-bond acceptors (Lipinski definition) is 3. The van der Waals surface area contributed by atoms with Gasteiger partial charge in [-0.15, -0.1) is 0 Å². The Hall–Kier alpha value is -0.120. The number of likely N-dealkylation sites (tertiary alicyclic amines) is 1. The first-order valence-electron chi connectivity index (χ1n) is 6.29. The molecule has 2 heterocycles. The standard InChI is InChI=1S/C12H21NO2/c1-10-8-13(9-10)11-2-4-12(5-3-11)14-6-7-15-12/h10-11H,2-9H2,1H3. The van der Waals surface area contributed by atoms with E-state index in [1.54, 1.807) is 0 Å². The Balaban J connectivity index is 1.52. The van der Waals surface area contributed by atoms with E-state index in [1.807, 2.05) is 0 Å². The van der Waals surface area contributed by atoms with Gasteiger partial charge in [-0.1, -0.05) is 6.92 Å². The summed E-state index contributed by atoms with van der Waals surface area (Å²) in [5, 5.41) is 0. The molecule has 0 aromatic heterocycles. The second-order valence-corrected chi connectivity index (χ2v) is 5.40. The average Bonchev–Trinajstić information content (AvgIpc) is 2.64. The van der Waals surface area contributed by atoms with Crippen LogP contribution in [0, 0.1) is 5.92 Å². The molecule has 0 radical (unpaired) electrons. The Bertz CT molecular complexity index is 222. The zero-order valence-corrected chi connectivity index (χ0v) is 9.58. The summed E-state index contributed by atoms with van der Waals surface area (Å²) < 4.78 is 11.5. The molecule has 3 rings (SSSR count). The Morgan fingerprint density at radius 1 is 1.07 bits per heavy atom. The topological polar surface area (TPSA) is 21.7 Å². The van der Waals surface area contributed by atoms with Crippen molar-refractivity contribution in [3.8, 4) is 0 Å². The van der Waals surface area contributed by atoms with E-state index in [-0.39, 0.29) is 5.79 Å². The van der Waals surface area contributed by atoms with E-state index in [2.05, 4.69) is 11.8 Å². The van der Waals surface area contributed by atoms with Crippen LogP contribution in [-0.4, -0.2) is 43.0 Å². The minimum absolute atomic E-state index is 0.174. The molecule has 0 aromatic rings. The molecule has 0 unspecified atom stereocenters. The number of hydrogen-bond donors (Lipinski definition) is 0. The van der Waals surface area contributed by atoms with E-state index in [1.165, 1.54) is 25.9 Å². The van der Waals surface area contributed by atoms with Crippen LogP contribution in [0.5, 0.6) is 0 Å². The zero-order valence-electron chi connectivity index (χ0n) is 9.58. The van der Waals surface area contributed by atoms with Crippen molar-refractivity contribution in [2.75, 3.05) is 26.3 Å². The van der Waals surface area contributed by atoms with Crippen molar-refractivity contribution in [3.63, 3.8) is 0 Å². The summed E-state index contributed by atoms with van der Waals surface area (Å²) in [5.41, 5.74) is 0. The fraction of sp³-hybridized carbons (Fsp3) is 1.00. The second-order valence-electron chi connectivity index (χ2n) is 5.40. The van der Waals surface area contributed by atoms with Crippen LogP contribution in [0.4, 0.5) is 0 Å². The Labute approximate surface area is 91.7 Å². The van der Waals surface area contributed by atoms with Gasteiger partial charge in [0.25, 0.3) is 0 Å². The van der Waals surface area contributed by atoms with Gasteiger partial charge >= 0.3 is 0 Å². The first-order valence-corrected chi connectivity index (χ1v) is 6.29. The van der Waals surface area contributed by atoms with Gasteiger partial charge in [-0.25, -0.2) is 0 Å². The summed E-state index contributed by atoms with van der Waals surface area (Å²) >= 11 is 0. The van der Waals surface area contributed by atoms with Crippen LogP contribution in [0.1, 0.15) is 32.6 Å².